The molecular weight excluding hydrogens is 441 g/mol. The van der Waals surface area contributed by atoms with Gasteiger partial charge in [-0.15, -0.1) is 10.2 Å². The lowest BCUT2D eigenvalue weighted by atomic mass is 10.1. The van der Waals surface area contributed by atoms with Crippen LogP contribution in [0.25, 0.3) is 11.4 Å². The van der Waals surface area contributed by atoms with E-state index < -0.39 is 0 Å². The number of rotatable bonds is 8. The molecule has 1 aromatic heterocycles. The van der Waals surface area contributed by atoms with Crippen molar-refractivity contribution in [3.05, 3.63) is 66.0 Å². The molecule has 0 radical (unpaired) electrons. The highest BCUT2D eigenvalue weighted by molar-refractivity contribution is 7.99. The summed E-state index contributed by atoms with van der Waals surface area (Å²) in [6, 6.07) is 15.9. The summed E-state index contributed by atoms with van der Waals surface area (Å²) >= 11 is 1.25. The van der Waals surface area contributed by atoms with E-state index in [1.165, 1.54) is 28.8 Å². The van der Waals surface area contributed by atoms with E-state index in [0.29, 0.717) is 17.5 Å². The molecule has 9 heteroatoms. The van der Waals surface area contributed by atoms with Crippen molar-refractivity contribution in [1.82, 2.24) is 25.0 Å². The molecule has 2 amide bonds. The number of carbonyl (C=O) groups excluding carboxylic acids is 2. The van der Waals surface area contributed by atoms with Crippen molar-refractivity contribution in [2.75, 3.05) is 19.3 Å². The monoisotopic (exact) mass is 469 g/mol. The van der Waals surface area contributed by atoms with Gasteiger partial charge >= 0.3 is 0 Å². The topological polar surface area (TPSA) is 80.1 Å². The van der Waals surface area contributed by atoms with E-state index in [0.717, 1.165) is 11.1 Å². The number of nitrogens with one attached hydrogen (secondary N) is 1. The Balaban J connectivity index is 1.75. The average Bonchev–Trinajstić information content (AvgIpc) is 3.14. The predicted molar refractivity (Wildman–Crippen MR) is 127 cm³/mol. The number of aromatic nitrogens is 3. The first-order valence-corrected chi connectivity index (χ1v) is 11.5. The number of amides is 2. The fourth-order valence-electron chi connectivity index (χ4n) is 3.11. The van der Waals surface area contributed by atoms with Crippen LogP contribution in [0, 0.1) is 5.82 Å². The molecule has 0 atom stereocenters. The van der Waals surface area contributed by atoms with E-state index in [-0.39, 0.29) is 35.5 Å². The first-order chi connectivity index (χ1) is 15.6. The van der Waals surface area contributed by atoms with Gasteiger partial charge in [0.25, 0.3) is 0 Å². The molecule has 174 valence electrons. The molecule has 0 spiro atoms. The lowest BCUT2D eigenvalue weighted by Crippen LogP contribution is -2.46. The lowest BCUT2D eigenvalue weighted by molar-refractivity contribution is -0.133. The average molecular weight is 470 g/mol. The molecule has 7 nitrogen and oxygen atoms in total. The van der Waals surface area contributed by atoms with Crippen molar-refractivity contribution in [1.29, 1.82) is 0 Å². The maximum absolute atomic E-state index is 13.4. The highest BCUT2D eigenvalue weighted by Gasteiger charge is 2.20. The van der Waals surface area contributed by atoms with Gasteiger partial charge in [-0.3, -0.25) is 14.2 Å². The molecular formula is C24H28FN5O2S. The Morgan fingerprint density at radius 3 is 2.36 bits per heavy atom. The minimum absolute atomic E-state index is 0.0196. The number of nitrogens with zero attached hydrogens (tertiary/aromatic N) is 4. The van der Waals surface area contributed by atoms with Crippen LogP contribution in [0.5, 0.6) is 0 Å². The van der Waals surface area contributed by atoms with Gasteiger partial charge < -0.3 is 10.2 Å². The number of carbonyl (C=O) groups is 2. The highest BCUT2D eigenvalue weighted by Crippen LogP contribution is 2.25. The summed E-state index contributed by atoms with van der Waals surface area (Å²) in [7, 11) is 1.60. The third-order valence-corrected chi connectivity index (χ3v) is 5.60. The second-order valence-electron chi connectivity index (χ2n) is 8.72. The first-order valence-electron chi connectivity index (χ1n) is 10.5. The van der Waals surface area contributed by atoms with Gasteiger partial charge in [-0.2, -0.15) is 0 Å². The molecule has 1 N–H and O–H groups in total. The van der Waals surface area contributed by atoms with Crippen LogP contribution >= 0.6 is 11.8 Å². The summed E-state index contributed by atoms with van der Waals surface area (Å²) in [4.78, 5) is 26.1. The molecule has 0 aliphatic heterocycles. The molecule has 1 heterocycles. The van der Waals surface area contributed by atoms with E-state index in [1.54, 1.807) is 19.2 Å². The summed E-state index contributed by atoms with van der Waals surface area (Å²) in [6.07, 6.45) is 0. The van der Waals surface area contributed by atoms with E-state index in [1.807, 2.05) is 55.7 Å². The molecule has 0 fully saturated rings. The fraction of sp³-hybridized carbons (Fsp3) is 0.333. The van der Waals surface area contributed by atoms with Crippen molar-refractivity contribution in [2.24, 2.45) is 0 Å². The number of hydrogen-bond acceptors (Lipinski definition) is 5. The molecule has 0 saturated heterocycles. The maximum atomic E-state index is 13.4. The Morgan fingerprint density at radius 2 is 1.73 bits per heavy atom. The summed E-state index contributed by atoms with van der Waals surface area (Å²) in [5.74, 6) is -0.0375. The number of thioether (sulfide) groups is 1. The molecule has 0 unspecified atom stereocenters. The Kier molecular flexibility index (Phi) is 7.86. The molecule has 2 aromatic carbocycles. The normalized spacial score (nSPS) is 11.3. The Morgan fingerprint density at radius 1 is 1.06 bits per heavy atom. The van der Waals surface area contributed by atoms with Gasteiger partial charge in [0.1, 0.15) is 5.82 Å². The molecule has 0 aliphatic rings. The SMILES string of the molecule is CN(CC(=O)NC(C)(C)C)C(=O)CSc1nnc(-c2ccc(F)cc2)n1Cc1ccccc1. The third-order valence-electron chi connectivity index (χ3n) is 4.65. The predicted octanol–water partition coefficient (Wildman–Crippen LogP) is 3.60. The number of benzene rings is 2. The van der Waals surface area contributed by atoms with E-state index in [2.05, 4.69) is 15.5 Å². The quantitative estimate of drug-likeness (QED) is 0.510. The zero-order valence-electron chi connectivity index (χ0n) is 19.2. The summed E-state index contributed by atoms with van der Waals surface area (Å²) in [5, 5.41) is 12.0. The second kappa shape index (κ2) is 10.6. The van der Waals surface area contributed by atoms with Gasteiger partial charge in [-0.05, 0) is 50.6 Å². The van der Waals surface area contributed by atoms with Crippen molar-refractivity contribution in [3.63, 3.8) is 0 Å². The van der Waals surface area contributed by atoms with Gasteiger partial charge in [-0.25, -0.2) is 4.39 Å². The zero-order chi connectivity index (χ0) is 24.0. The van der Waals surface area contributed by atoms with Crippen LogP contribution in [-0.4, -0.2) is 56.4 Å². The van der Waals surface area contributed by atoms with Crippen molar-refractivity contribution >= 4 is 23.6 Å². The standard InChI is InChI=1S/C24H28FN5O2S/c1-24(2,3)26-20(31)15-29(4)21(32)16-33-23-28-27-22(18-10-12-19(25)13-11-18)30(23)14-17-8-6-5-7-9-17/h5-13H,14-16H2,1-4H3,(H,26,31). The summed E-state index contributed by atoms with van der Waals surface area (Å²) < 4.78 is 15.3. The van der Waals surface area contributed by atoms with Crippen molar-refractivity contribution < 1.29 is 14.0 Å². The van der Waals surface area contributed by atoms with Crippen LogP contribution in [0.1, 0.15) is 26.3 Å². The van der Waals surface area contributed by atoms with Crippen LogP contribution in [0.2, 0.25) is 0 Å². The van der Waals surface area contributed by atoms with Gasteiger partial charge in [0.2, 0.25) is 11.8 Å². The Bertz CT molecular complexity index is 1090. The number of likely N-dealkylation sites (N-methyl/N-ethyl adjacent to an activating group) is 1. The smallest absolute Gasteiger partial charge is 0.240 e. The molecule has 0 aliphatic carbocycles. The van der Waals surface area contributed by atoms with Crippen molar-refractivity contribution in [3.8, 4) is 11.4 Å². The molecule has 33 heavy (non-hydrogen) atoms. The van der Waals surface area contributed by atoms with Crippen LogP contribution < -0.4 is 5.32 Å². The van der Waals surface area contributed by atoms with Crippen LogP contribution in [0.4, 0.5) is 4.39 Å². The minimum atomic E-state index is -0.361. The summed E-state index contributed by atoms with van der Waals surface area (Å²) in [5.41, 5.74) is 1.42. The first kappa shape index (κ1) is 24.4. The molecule has 3 rings (SSSR count). The van der Waals surface area contributed by atoms with E-state index in [4.69, 9.17) is 0 Å². The second-order valence-corrected chi connectivity index (χ2v) is 9.66. The van der Waals surface area contributed by atoms with Crippen LogP contribution in [0.15, 0.2) is 59.8 Å². The van der Waals surface area contributed by atoms with Gasteiger partial charge in [-0.1, -0.05) is 42.1 Å². The lowest BCUT2D eigenvalue weighted by Gasteiger charge is -2.23. The summed E-state index contributed by atoms with van der Waals surface area (Å²) in [6.45, 7) is 6.15. The van der Waals surface area contributed by atoms with Gasteiger partial charge in [0.15, 0.2) is 11.0 Å². The Hall–Kier alpha value is -3.20. The molecule has 3 aromatic rings. The van der Waals surface area contributed by atoms with Crippen LogP contribution in [-0.2, 0) is 16.1 Å². The van der Waals surface area contributed by atoms with Gasteiger partial charge in [0, 0.05) is 18.2 Å². The third kappa shape index (κ3) is 7.15. The molecule has 0 saturated carbocycles. The number of hydrogen-bond donors (Lipinski definition) is 1. The fourth-order valence-corrected chi connectivity index (χ4v) is 3.99. The Labute approximate surface area is 197 Å². The van der Waals surface area contributed by atoms with Gasteiger partial charge in [0.05, 0.1) is 18.8 Å². The zero-order valence-corrected chi connectivity index (χ0v) is 20.0. The highest BCUT2D eigenvalue weighted by atomic mass is 32.2. The maximum Gasteiger partial charge on any atom is 0.240 e. The van der Waals surface area contributed by atoms with E-state index in [9.17, 15) is 14.0 Å². The minimum Gasteiger partial charge on any atom is -0.350 e. The van der Waals surface area contributed by atoms with Crippen molar-refractivity contribution in [2.45, 2.75) is 38.0 Å². The van der Waals surface area contributed by atoms with Crippen LogP contribution in [0.3, 0.4) is 0 Å². The van der Waals surface area contributed by atoms with E-state index >= 15 is 0 Å². The largest absolute Gasteiger partial charge is 0.350 e. The number of halogens is 1. The molecule has 0 bridgehead atoms.